The quantitative estimate of drug-likeness (QED) is 0.885. The van der Waals surface area contributed by atoms with E-state index in [1.54, 1.807) is 12.1 Å². The van der Waals surface area contributed by atoms with Crippen molar-refractivity contribution in [2.24, 2.45) is 5.73 Å². The fourth-order valence-corrected chi connectivity index (χ4v) is 2.99. The van der Waals surface area contributed by atoms with Crippen molar-refractivity contribution in [1.82, 2.24) is 0 Å². The highest BCUT2D eigenvalue weighted by Crippen LogP contribution is 2.34. The molecule has 0 aliphatic rings. The Bertz CT molecular complexity index is 619. The largest absolute Gasteiger partial charge is 0.326 e. The molecule has 0 atom stereocenters. The number of benzene rings is 2. The molecule has 0 radical (unpaired) electrons. The van der Waals surface area contributed by atoms with Crippen LogP contribution in [0.15, 0.2) is 44.6 Å². The zero-order valence-electron chi connectivity index (χ0n) is 9.59. The highest BCUT2D eigenvalue weighted by Gasteiger charge is 2.12. The van der Waals surface area contributed by atoms with Crippen LogP contribution < -0.4 is 5.73 Å². The van der Waals surface area contributed by atoms with Crippen molar-refractivity contribution in [1.29, 1.82) is 0 Å². The van der Waals surface area contributed by atoms with E-state index in [1.807, 2.05) is 0 Å². The molecule has 19 heavy (non-hydrogen) atoms. The van der Waals surface area contributed by atoms with Crippen molar-refractivity contribution in [3.8, 4) is 0 Å². The summed E-state index contributed by atoms with van der Waals surface area (Å²) in [6, 6.07) is 6.69. The monoisotopic (exact) mass is 347 g/mol. The predicted octanol–water partition coefficient (Wildman–Crippen LogP) is 4.48. The lowest BCUT2D eigenvalue weighted by Crippen LogP contribution is -1.99. The molecule has 0 aliphatic carbocycles. The minimum Gasteiger partial charge on any atom is -0.326 e. The third kappa shape index (κ3) is 3.13. The van der Waals surface area contributed by atoms with Crippen LogP contribution in [-0.2, 0) is 6.54 Å². The molecule has 2 rings (SSSR count). The van der Waals surface area contributed by atoms with Gasteiger partial charge in [0.15, 0.2) is 17.5 Å². The molecule has 0 saturated heterocycles. The summed E-state index contributed by atoms with van der Waals surface area (Å²) in [5, 5.41) is 0. The summed E-state index contributed by atoms with van der Waals surface area (Å²) in [4.78, 5) is 0.736. The van der Waals surface area contributed by atoms with Crippen LogP contribution >= 0.6 is 27.7 Å². The molecular formula is C13H9BrF3NS. The third-order valence-corrected chi connectivity index (χ3v) is 4.35. The van der Waals surface area contributed by atoms with E-state index in [0.717, 1.165) is 23.9 Å². The zero-order valence-corrected chi connectivity index (χ0v) is 12.0. The predicted molar refractivity (Wildman–Crippen MR) is 72.5 cm³/mol. The first-order valence-corrected chi connectivity index (χ1v) is 6.93. The van der Waals surface area contributed by atoms with Gasteiger partial charge in [-0.05, 0) is 45.8 Å². The van der Waals surface area contributed by atoms with E-state index in [9.17, 15) is 13.2 Å². The van der Waals surface area contributed by atoms with Gasteiger partial charge in [-0.2, -0.15) is 0 Å². The topological polar surface area (TPSA) is 26.0 Å². The van der Waals surface area contributed by atoms with Crippen LogP contribution in [0.4, 0.5) is 13.2 Å². The van der Waals surface area contributed by atoms with Crippen LogP contribution in [0.3, 0.4) is 0 Å². The minimum atomic E-state index is -0.956. The summed E-state index contributed by atoms with van der Waals surface area (Å²) in [6.45, 7) is 0.216. The van der Waals surface area contributed by atoms with Crippen molar-refractivity contribution in [3.05, 3.63) is 57.8 Å². The van der Waals surface area contributed by atoms with Gasteiger partial charge in [-0.25, -0.2) is 13.2 Å². The van der Waals surface area contributed by atoms with Crippen molar-refractivity contribution in [2.75, 3.05) is 0 Å². The smallest absolute Gasteiger partial charge is 0.159 e. The molecule has 0 spiro atoms. The van der Waals surface area contributed by atoms with E-state index in [2.05, 4.69) is 15.9 Å². The highest BCUT2D eigenvalue weighted by atomic mass is 79.9. The van der Waals surface area contributed by atoms with Gasteiger partial charge in [0.1, 0.15) is 0 Å². The Kier molecular flexibility index (Phi) is 4.54. The fraction of sp³-hybridized carbons (Fsp3) is 0.0769. The number of nitrogens with two attached hydrogens (primary N) is 1. The number of hydrogen-bond donors (Lipinski definition) is 1. The molecule has 100 valence electrons. The van der Waals surface area contributed by atoms with Gasteiger partial charge in [0.25, 0.3) is 0 Å². The molecule has 1 nitrogen and oxygen atoms in total. The number of hydrogen-bond acceptors (Lipinski definition) is 2. The average molecular weight is 348 g/mol. The van der Waals surface area contributed by atoms with E-state index < -0.39 is 17.5 Å². The van der Waals surface area contributed by atoms with Crippen LogP contribution in [0.2, 0.25) is 0 Å². The first kappa shape index (κ1) is 14.4. The molecule has 0 saturated carbocycles. The number of rotatable bonds is 3. The van der Waals surface area contributed by atoms with Crippen LogP contribution in [0.25, 0.3) is 0 Å². The van der Waals surface area contributed by atoms with Crippen molar-refractivity contribution in [2.45, 2.75) is 16.3 Å². The van der Waals surface area contributed by atoms with Gasteiger partial charge in [-0.15, -0.1) is 0 Å². The van der Waals surface area contributed by atoms with Gasteiger partial charge in [0.2, 0.25) is 0 Å². The van der Waals surface area contributed by atoms with Crippen LogP contribution in [-0.4, -0.2) is 0 Å². The highest BCUT2D eigenvalue weighted by molar-refractivity contribution is 9.10. The molecular weight excluding hydrogens is 339 g/mol. The SMILES string of the molecule is NCc1ccc(Sc2ccc(F)c(F)c2)c(F)c1Br. The summed E-state index contributed by atoms with van der Waals surface area (Å²) in [6.07, 6.45) is 0. The Hall–Kier alpha value is -0.980. The molecule has 0 unspecified atom stereocenters. The average Bonchev–Trinajstić information content (AvgIpc) is 2.40. The van der Waals surface area contributed by atoms with Crippen LogP contribution in [0, 0.1) is 17.5 Å². The maximum atomic E-state index is 14.0. The maximum absolute atomic E-state index is 14.0. The second kappa shape index (κ2) is 5.98. The summed E-state index contributed by atoms with van der Waals surface area (Å²) >= 11 is 4.15. The Morgan fingerprint density at radius 1 is 1.05 bits per heavy atom. The van der Waals surface area contributed by atoms with E-state index >= 15 is 0 Å². The number of halogens is 4. The lowest BCUT2D eigenvalue weighted by atomic mass is 10.2. The van der Waals surface area contributed by atoms with Crippen LogP contribution in [0.1, 0.15) is 5.56 Å². The van der Waals surface area contributed by atoms with E-state index in [1.165, 1.54) is 6.07 Å². The van der Waals surface area contributed by atoms with Crippen molar-refractivity contribution in [3.63, 3.8) is 0 Å². The lowest BCUT2D eigenvalue weighted by molar-refractivity contribution is 0.506. The van der Waals surface area contributed by atoms with Crippen molar-refractivity contribution < 1.29 is 13.2 Å². The van der Waals surface area contributed by atoms with Gasteiger partial charge < -0.3 is 5.73 Å². The molecule has 0 aromatic heterocycles. The Morgan fingerprint density at radius 3 is 2.42 bits per heavy atom. The molecule has 2 N–H and O–H groups in total. The van der Waals surface area contributed by atoms with E-state index in [0.29, 0.717) is 19.8 Å². The first-order chi connectivity index (χ1) is 9.02. The molecule has 0 bridgehead atoms. The summed E-state index contributed by atoms with van der Waals surface area (Å²) in [5.41, 5.74) is 6.11. The summed E-state index contributed by atoms with van der Waals surface area (Å²) < 4.78 is 40.2. The van der Waals surface area contributed by atoms with Gasteiger partial charge in [0.05, 0.1) is 4.47 Å². The van der Waals surface area contributed by atoms with Crippen molar-refractivity contribution >= 4 is 27.7 Å². The molecule has 2 aromatic carbocycles. The Balaban J connectivity index is 2.33. The first-order valence-electron chi connectivity index (χ1n) is 5.32. The Morgan fingerprint density at radius 2 is 1.79 bits per heavy atom. The van der Waals surface area contributed by atoms with Crippen LogP contribution in [0.5, 0.6) is 0 Å². The van der Waals surface area contributed by atoms with Gasteiger partial charge in [-0.1, -0.05) is 17.8 Å². The summed E-state index contributed by atoms with van der Waals surface area (Å²) in [5.74, 6) is -2.34. The van der Waals surface area contributed by atoms with E-state index in [4.69, 9.17) is 5.73 Å². The molecule has 0 aliphatic heterocycles. The molecule has 0 amide bonds. The fourth-order valence-electron chi connectivity index (χ4n) is 1.48. The van der Waals surface area contributed by atoms with Gasteiger partial charge in [-0.3, -0.25) is 0 Å². The second-order valence-corrected chi connectivity index (χ2v) is 5.64. The second-order valence-electron chi connectivity index (χ2n) is 3.73. The molecule has 0 fully saturated rings. The maximum Gasteiger partial charge on any atom is 0.159 e. The standard InChI is InChI=1S/C13H9BrF3NS/c14-12-7(6-18)1-4-11(13(12)17)19-8-2-3-9(15)10(16)5-8/h1-5H,6,18H2. The van der Waals surface area contributed by atoms with Gasteiger partial charge >= 0.3 is 0 Å². The zero-order chi connectivity index (χ0) is 14.0. The molecule has 2 aromatic rings. The molecule has 0 heterocycles. The molecule has 6 heteroatoms. The normalized spacial score (nSPS) is 10.8. The third-order valence-electron chi connectivity index (χ3n) is 2.47. The lowest BCUT2D eigenvalue weighted by Gasteiger charge is -2.08. The summed E-state index contributed by atoms with van der Waals surface area (Å²) in [7, 11) is 0. The Labute approximate surface area is 121 Å². The van der Waals surface area contributed by atoms with Gasteiger partial charge in [0, 0.05) is 16.3 Å². The van der Waals surface area contributed by atoms with E-state index in [-0.39, 0.29) is 6.54 Å². The minimum absolute atomic E-state index is 0.216.